The molecule has 0 atom stereocenters. The molecule has 0 unspecified atom stereocenters. The molecule has 1 aliphatic rings. The highest BCUT2D eigenvalue weighted by Crippen LogP contribution is 2.37. The second-order valence-corrected chi connectivity index (χ2v) is 7.59. The maximum Gasteiger partial charge on any atom is 0.346 e. The first-order valence-electron chi connectivity index (χ1n) is 9.11. The summed E-state index contributed by atoms with van der Waals surface area (Å²) >= 11 is 1.55. The number of halogens is 1. The zero-order chi connectivity index (χ0) is 19.5. The van der Waals surface area contributed by atoms with Crippen LogP contribution in [-0.4, -0.2) is 26.9 Å². The van der Waals surface area contributed by atoms with Gasteiger partial charge in [-0.3, -0.25) is 4.57 Å². The summed E-state index contributed by atoms with van der Waals surface area (Å²) in [6, 6.07) is 9.70. The smallest absolute Gasteiger partial charge is 0.336 e. The van der Waals surface area contributed by atoms with Gasteiger partial charge in [0.1, 0.15) is 5.82 Å². The van der Waals surface area contributed by atoms with Crippen molar-refractivity contribution in [3.05, 3.63) is 63.6 Å². The summed E-state index contributed by atoms with van der Waals surface area (Å²) < 4.78 is 16.1. The molecular formula is C19H20FN5O2S. The molecule has 2 amide bonds. The molecule has 0 radical (unpaired) electrons. The first-order valence-corrected chi connectivity index (χ1v) is 9.99. The summed E-state index contributed by atoms with van der Waals surface area (Å²) in [7, 11) is 0. The molecule has 0 aliphatic heterocycles. The van der Waals surface area contributed by atoms with Crippen molar-refractivity contribution in [1.29, 1.82) is 0 Å². The summed E-state index contributed by atoms with van der Waals surface area (Å²) in [6.07, 6.45) is 1.99. The molecule has 2 N–H and O–H groups in total. The number of carbonyl (C=O) groups is 1. The van der Waals surface area contributed by atoms with Crippen LogP contribution in [0.25, 0.3) is 10.7 Å². The number of urea groups is 1. The monoisotopic (exact) mass is 401 g/mol. The van der Waals surface area contributed by atoms with Gasteiger partial charge in [-0.05, 0) is 42.0 Å². The molecule has 9 heteroatoms. The number of nitrogens with one attached hydrogen (secondary N) is 2. The molecule has 2 heterocycles. The summed E-state index contributed by atoms with van der Waals surface area (Å²) in [5.74, 6) is 0.384. The van der Waals surface area contributed by atoms with Crippen LogP contribution in [0, 0.1) is 5.82 Å². The van der Waals surface area contributed by atoms with Gasteiger partial charge < -0.3 is 10.6 Å². The van der Waals surface area contributed by atoms with E-state index in [1.165, 1.54) is 16.8 Å². The maximum atomic E-state index is 12.9. The Hall–Kier alpha value is -2.94. The van der Waals surface area contributed by atoms with Crippen LogP contribution in [0.2, 0.25) is 0 Å². The average molecular weight is 401 g/mol. The van der Waals surface area contributed by atoms with Crippen LogP contribution in [0.5, 0.6) is 0 Å². The van der Waals surface area contributed by atoms with Gasteiger partial charge in [-0.15, -0.1) is 16.4 Å². The van der Waals surface area contributed by atoms with Crippen molar-refractivity contribution in [2.75, 3.05) is 6.54 Å². The number of thiophene rings is 1. The number of benzene rings is 1. The van der Waals surface area contributed by atoms with E-state index >= 15 is 0 Å². The van der Waals surface area contributed by atoms with E-state index in [1.807, 2.05) is 17.5 Å². The first kappa shape index (κ1) is 18.4. The van der Waals surface area contributed by atoms with E-state index < -0.39 is 0 Å². The van der Waals surface area contributed by atoms with Gasteiger partial charge in [0.25, 0.3) is 0 Å². The van der Waals surface area contributed by atoms with E-state index in [1.54, 1.807) is 28.0 Å². The molecule has 0 spiro atoms. The number of nitrogens with zero attached hydrogens (tertiary/aromatic N) is 3. The number of rotatable bonds is 7. The molecule has 0 bridgehead atoms. The largest absolute Gasteiger partial charge is 0.346 e. The van der Waals surface area contributed by atoms with Crippen LogP contribution in [0.4, 0.5) is 9.18 Å². The van der Waals surface area contributed by atoms with Crippen molar-refractivity contribution in [2.45, 2.75) is 32.0 Å². The summed E-state index contributed by atoms with van der Waals surface area (Å²) in [5.41, 5.74) is 0.663. The Bertz CT molecular complexity index is 1010. The lowest BCUT2D eigenvalue weighted by molar-refractivity contribution is 0.240. The fourth-order valence-electron chi connectivity index (χ4n) is 2.92. The van der Waals surface area contributed by atoms with Crippen molar-refractivity contribution < 1.29 is 9.18 Å². The zero-order valence-corrected chi connectivity index (χ0v) is 15.9. The number of aromatic nitrogens is 3. The molecule has 7 nitrogen and oxygen atoms in total. The Morgan fingerprint density at radius 1 is 1.21 bits per heavy atom. The second-order valence-electron chi connectivity index (χ2n) is 6.64. The van der Waals surface area contributed by atoms with Crippen LogP contribution in [0.3, 0.4) is 0 Å². The number of amides is 2. The molecule has 2 aromatic heterocycles. The van der Waals surface area contributed by atoms with E-state index in [9.17, 15) is 14.0 Å². The standard InChI is InChI=1S/C19H20FN5O2S/c20-14-5-3-13(4-6-14)12-22-18(26)21-9-10-24-19(27)25(15-7-8-15)17(23-24)16-2-1-11-28-16/h1-6,11,15H,7-10,12H2,(H2,21,22,26). The fourth-order valence-corrected chi connectivity index (χ4v) is 3.63. The van der Waals surface area contributed by atoms with Crippen LogP contribution < -0.4 is 16.3 Å². The van der Waals surface area contributed by atoms with Gasteiger partial charge in [-0.2, -0.15) is 0 Å². The van der Waals surface area contributed by atoms with Crippen molar-refractivity contribution in [1.82, 2.24) is 25.0 Å². The summed E-state index contributed by atoms with van der Waals surface area (Å²) in [4.78, 5) is 25.6. The SMILES string of the molecule is O=C(NCCn1nc(-c2cccs2)n(C2CC2)c1=O)NCc1ccc(F)cc1. The molecule has 3 aromatic rings. The van der Waals surface area contributed by atoms with Gasteiger partial charge in [-0.1, -0.05) is 18.2 Å². The van der Waals surface area contributed by atoms with Gasteiger partial charge in [0.15, 0.2) is 5.82 Å². The van der Waals surface area contributed by atoms with E-state index in [-0.39, 0.29) is 30.1 Å². The molecule has 1 saturated carbocycles. The minimum atomic E-state index is -0.350. The lowest BCUT2D eigenvalue weighted by atomic mass is 10.2. The highest BCUT2D eigenvalue weighted by Gasteiger charge is 2.30. The van der Waals surface area contributed by atoms with Gasteiger partial charge in [0.05, 0.1) is 11.4 Å². The lowest BCUT2D eigenvalue weighted by Crippen LogP contribution is -2.38. The Labute approximate surface area is 164 Å². The molecular weight excluding hydrogens is 381 g/mol. The van der Waals surface area contributed by atoms with Crippen molar-refractivity contribution in [2.24, 2.45) is 0 Å². The maximum absolute atomic E-state index is 12.9. The Morgan fingerprint density at radius 2 is 2.00 bits per heavy atom. The normalized spacial score (nSPS) is 13.5. The van der Waals surface area contributed by atoms with E-state index in [2.05, 4.69) is 15.7 Å². The third-order valence-corrected chi connectivity index (χ3v) is 5.37. The summed E-state index contributed by atoms with van der Waals surface area (Å²) in [6.45, 7) is 0.868. The van der Waals surface area contributed by atoms with Crippen molar-refractivity contribution in [3.63, 3.8) is 0 Å². The van der Waals surface area contributed by atoms with E-state index in [0.29, 0.717) is 18.9 Å². The zero-order valence-electron chi connectivity index (χ0n) is 15.1. The third-order valence-electron chi connectivity index (χ3n) is 4.50. The molecule has 28 heavy (non-hydrogen) atoms. The third kappa shape index (κ3) is 4.14. The first-order chi connectivity index (χ1) is 13.6. The predicted molar refractivity (Wildman–Crippen MR) is 105 cm³/mol. The lowest BCUT2D eigenvalue weighted by Gasteiger charge is -2.07. The van der Waals surface area contributed by atoms with Crippen LogP contribution in [0.15, 0.2) is 46.6 Å². The number of hydrogen-bond acceptors (Lipinski definition) is 4. The second kappa shape index (κ2) is 7.97. The molecule has 1 fully saturated rings. The molecule has 4 rings (SSSR count). The van der Waals surface area contributed by atoms with Gasteiger partial charge >= 0.3 is 11.7 Å². The molecule has 1 aliphatic carbocycles. The van der Waals surface area contributed by atoms with Crippen molar-refractivity contribution >= 4 is 17.4 Å². The number of carbonyl (C=O) groups excluding carboxylic acids is 1. The van der Waals surface area contributed by atoms with Crippen LogP contribution in [0.1, 0.15) is 24.4 Å². The Morgan fingerprint density at radius 3 is 2.68 bits per heavy atom. The average Bonchev–Trinajstić information content (AvgIpc) is 3.26. The van der Waals surface area contributed by atoms with Gasteiger partial charge in [-0.25, -0.2) is 18.7 Å². The van der Waals surface area contributed by atoms with Crippen molar-refractivity contribution in [3.8, 4) is 10.7 Å². The highest BCUT2D eigenvalue weighted by molar-refractivity contribution is 7.13. The van der Waals surface area contributed by atoms with Crippen LogP contribution in [-0.2, 0) is 13.1 Å². The van der Waals surface area contributed by atoms with Gasteiger partial charge in [0.2, 0.25) is 0 Å². The minimum absolute atomic E-state index is 0.139. The molecule has 0 saturated heterocycles. The van der Waals surface area contributed by atoms with Gasteiger partial charge in [0, 0.05) is 19.1 Å². The summed E-state index contributed by atoms with van der Waals surface area (Å²) in [5, 5.41) is 11.9. The van der Waals surface area contributed by atoms with E-state index in [4.69, 9.17) is 0 Å². The van der Waals surface area contributed by atoms with Crippen LogP contribution >= 0.6 is 11.3 Å². The number of hydrogen-bond donors (Lipinski definition) is 2. The Kier molecular flexibility index (Phi) is 5.25. The van der Waals surface area contributed by atoms with E-state index in [0.717, 1.165) is 23.3 Å². The minimum Gasteiger partial charge on any atom is -0.336 e. The quantitative estimate of drug-likeness (QED) is 0.639. The molecule has 146 valence electrons. The molecule has 1 aromatic carbocycles. The highest BCUT2D eigenvalue weighted by atomic mass is 32.1. The predicted octanol–water partition coefficient (Wildman–Crippen LogP) is 2.75. The topological polar surface area (TPSA) is 81.0 Å². The Balaban J connectivity index is 1.33. The fraction of sp³-hybridized carbons (Fsp3) is 0.316.